The van der Waals surface area contributed by atoms with E-state index in [2.05, 4.69) is 29.1 Å². The van der Waals surface area contributed by atoms with Crippen molar-refractivity contribution in [3.63, 3.8) is 0 Å². The zero-order valence-corrected chi connectivity index (χ0v) is 10.9. The van der Waals surface area contributed by atoms with Gasteiger partial charge in [0.2, 0.25) is 5.88 Å². The fraction of sp³-hybridized carbons (Fsp3) is 0.667. The Morgan fingerprint density at radius 1 is 1.29 bits per heavy atom. The molecule has 0 aliphatic rings. The molecule has 0 spiro atoms. The Kier molecular flexibility index (Phi) is 5.52. The highest BCUT2D eigenvalue weighted by atomic mass is 16.5. The van der Waals surface area contributed by atoms with E-state index in [9.17, 15) is 0 Å². The highest BCUT2D eigenvalue weighted by Crippen LogP contribution is 2.25. The molecule has 0 aromatic carbocycles. The first-order valence-electron chi connectivity index (χ1n) is 6.22. The monoisotopic (exact) mass is 238 g/mol. The van der Waals surface area contributed by atoms with E-state index in [-0.39, 0.29) is 0 Å². The van der Waals surface area contributed by atoms with Crippen LogP contribution in [-0.4, -0.2) is 22.6 Å². The number of aromatic nitrogens is 2. The van der Waals surface area contributed by atoms with Gasteiger partial charge in [0.1, 0.15) is 12.0 Å². The second-order valence-electron chi connectivity index (χ2n) is 3.95. The predicted octanol–water partition coefficient (Wildman–Crippen LogP) is 2.45. The van der Waals surface area contributed by atoms with E-state index >= 15 is 0 Å². The molecule has 0 unspecified atom stereocenters. The minimum atomic E-state index is 0.381. The average Bonchev–Trinajstić information content (AvgIpc) is 2.36. The molecule has 0 saturated carbocycles. The van der Waals surface area contributed by atoms with Gasteiger partial charge in [-0.25, -0.2) is 4.98 Å². The zero-order chi connectivity index (χ0) is 12.7. The number of rotatable bonds is 7. The summed E-state index contributed by atoms with van der Waals surface area (Å²) < 4.78 is 5.46. The first kappa shape index (κ1) is 13.5. The van der Waals surface area contributed by atoms with E-state index < -0.39 is 0 Å². The van der Waals surface area contributed by atoms with Crippen molar-refractivity contribution >= 4 is 11.5 Å². The maximum Gasteiger partial charge on any atom is 0.242 e. The summed E-state index contributed by atoms with van der Waals surface area (Å²) in [4.78, 5) is 8.19. The quantitative estimate of drug-likeness (QED) is 0.763. The van der Waals surface area contributed by atoms with Gasteiger partial charge in [0.15, 0.2) is 5.82 Å². The number of nitrogens with zero attached hydrogens (tertiary/aromatic N) is 2. The molecule has 17 heavy (non-hydrogen) atoms. The third-order valence-corrected chi connectivity index (χ3v) is 2.62. The van der Waals surface area contributed by atoms with E-state index in [0.29, 0.717) is 30.0 Å². The number of ether oxygens (including phenoxy) is 1. The Bertz CT molecular complexity index is 339. The van der Waals surface area contributed by atoms with Crippen LogP contribution in [-0.2, 0) is 0 Å². The van der Waals surface area contributed by atoms with Crippen LogP contribution in [0.1, 0.15) is 40.0 Å². The maximum absolute atomic E-state index is 5.97. The summed E-state index contributed by atoms with van der Waals surface area (Å²) in [7, 11) is 0. The molecule has 1 aromatic heterocycles. The first-order chi connectivity index (χ1) is 8.22. The third kappa shape index (κ3) is 3.76. The summed E-state index contributed by atoms with van der Waals surface area (Å²) in [5.74, 6) is 1.13. The van der Waals surface area contributed by atoms with Gasteiger partial charge in [-0.15, -0.1) is 0 Å². The molecule has 0 aliphatic heterocycles. The summed E-state index contributed by atoms with van der Waals surface area (Å²) in [5.41, 5.74) is 6.46. The van der Waals surface area contributed by atoms with E-state index in [1.54, 1.807) is 0 Å². The minimum Gasteiger partial charge on any atom is -0.476 e. The van der Waals surface area contributed by atoms with Crippen molar-refractivity contribution in [3.05, 3.63) is 6.33 Å². The van der Waals surface area contributed by atoms with Crippen molar-refractivity contribution in [2.45, 2.75) is 46.1 Å². The Morgan fingerprint density at radius 3 is 2.59 bits per heavy atom. The molecule has 1 heterocycles. The van der Waals surface area contributed by atoms with Gasteiger partial charge in [-0.3, -0.25) is 0 Å². The highest BCUT2D eigenvalue weighted by Gasteiger charge is 2.11. The molecule has 0 amide bonds. The molecular formula is C12H22N4O. The molecular weight excluding hydrogens is 216 g/mol. The van der Waals surface area contributed by atoms with Crippen LogP contribution in [0.5, 0.6) is 5.88 Å². The third-order valence-electron chi connectivity index (χ3n) is 2.62. The second kappa shape index (κ2) is 6.93. The van der Waals surface area contributed by atoms with E-state index in [1.807, 2.05) is 6.92 Å². The van der Waals surface area contributed by atoms with E-state index in [4.69, 9.17) is 10.5 Å². The van der Waals surface area contributed by atoms with Crippen LogP contribution in [0.25, 0.3) is 0 Å². The van der Waals surface area contributed by atoms with Crippen molar-refractivity contribution in [1.82, 2.24) is 9.97 Å². The Labute approximate surface area is 103 Å². The van der Waals surface area contributed by atoms with Gasteiger partial charge < -0.3 is 15.8 Å². The normalized spacial score (nSPS) is 10.6. The van der Waals surface area contributed by atoms with Crippen LogP contribution in [0.4, 0.5) is 11.5 Å². The molecule has 5 heteroatoms. The fourth-order valence-corrected chi connectivity index (χ4v) is 1.49. The number of nitrogen functional groups attached to an aromatic ring is 1. The SMILES string of the molecule is CCCOc1ncnc(NC(CC)CC)c1N. The van der Waals surface area contributed by atoms with Crippen molar-refractivity contribution in [2.24, 2.45) is 0 Å². The van der Waals surface area contributed by atoms with Gasteiger partial charge in [-0.1, -0.05) is 20.8 Å². The molecule has 96 valence electrons. The molecule has 0 saturated heterocycles. The molecule has 5 nitrogen and oxygen atoms in total. The van der Waals surface area contributed by atoms with Crippen LogP contribution in [0.3, 0.4) is 0 Å². The van der Waals surface area contributed by atoms with Crippen LogP contribution in [0.2, 0.25) is 0 Å². The van der Waals surface area contributed by atoms with Crippen molar-refractivity contribution in [3.8, 4) is 5.88 Å². The minimum absolute atomic E-state index is 0.381. The lowest BCUT2D eigenvalue weighted by atomic mass is 10.2. The smallest absolute Gasteiger partial charge is 0.242 e. The summed E-state index contributed by atoms with van der Waals surface area (Å²) >= 11 is 0. The summed E-state index contributed by atoms with van der Waals surface area (Å²) in [6, 6.07) is 0.381. The molecule has 0 radical (unpaired) electrons. The van der Waals surface area contributed by atoms with E-state index in [1.165, 1.54) is 6.33 Å². The number of nitrogens with one attached hydrogen (secondary N) is 1. The average molecular weight is 238 g/mol. The van der Waals surface area contributed by atoms with Crippen LogP contribution < -0.4 is 15.8 Å². The number of hydrogen-bond acceptors (Lipinski definition) is 5. The predicted molar refractivity (Wildman–Crippen MR) is 70.2 cm³/mol. The van der Waals surface area contributed by atoms with Gasteiger partial charge in [-0.05, 0) is 19.3 Å². The van der Waals surface area contributed by atoms with Crippen LogP contribution in [0.15, 0.2) is 6.33 Å². The Balaban J connectivity index is 2.78. The standard InChI is InChI=1S/C12H22N4O/c1-4-7-17-12-10(13)11(14-8-15-12)16-9(5-2)6-3/h8-9H,4-7,13H2,1-3H3,(H,14,15,16). The zero-order valence-electron chi connectivity index (χ0n) is 10.9. The molecule has 0 aliphatic carbocycles. The molecule has 0 fully saturated rings. The van der Waals surface area contributed by atoms with Gasteiger partial charge in [0, 0.05) is 6.04 Å². The number of hydrogen-bond donors (Lipinski definition) is 2. The van der Waals surface area contributed by atoms with E-state index in [0.717, 1.165) is 19.3 Å². The second-order valence-corrected chi connectivity index (χ2v) is 3.95. The molecule has 1 aromatic rings. The topological polar surface area (TPSA) is 73.1 Å². The number of anilines is 2. The van der Waals surface area contributed by atoms with Gasteiger partial charge in [0.25, 0.3) is 0 Å². The Morgan fingerprint density at radius 2 is 2.00 bits per heavy atom. The lowest BCUT2D eigenvalue weighted by Gasteiger charge is -2.17. The van der Waals surface area contributed by atoms with Crippen molar-refractivity contribution in [1.29, 1.82) is 0 Å². The summed E-state index contributed by atoms with van der Waals surface area (Å²) in [6.45, 7) is 6.92. The summed E-state index contributed by atoms with van der Waals surface area (Å²) in [6.07, 6.45) is 4.47. The highest BCUT2D eigenvalue weighted by molar-refractivity contribution is 5.66. The molecule has 0 atom stereocenters. The first-order valence-corrected chi connectivity index (χ1v) is 6.22. The molecule has 3 N–H and O–H groups in total. The molecule has 0 bridgehead atoms. The van der Waals surface area contributed by atoms with Gasteiger partial charge in [-0.2, -0.15) is 4.98 Å². The van der Waals surface area contributed by atoms with Crippen LogP contribution in [0, 0.1) is 0 Å². The van der Waals surface area contributed by atoms with Crippen molar-refractivity contribution < 1.29 is 4.74 Å². The lowest BCUT2D eigenvalue weighted by molar-refractivity contribution is 0.306. The molecule has 1 rings (SSSR count). The number of nitrogens with two attached hydrogens (primary N) is 1. The van der Waals surface area contributed by atoms with Gasteiger partial charge in [0.05, 0.1) is 6.61 Å². The largest absolute Gasteiger partial charge is 0.476 e. The lowest BCUT2D eigenvalue weighted by Crippen LogP contribution is -2.19. The summed E-state index contributed by atoms with van der Waals surface area (Å²) in [5, 5.41) is 3.31. The van der Waals surface area contributed by atoms with Crippen LogP contribution >= 0.6 is 0 Å². The van der Waals surface area contributed by atoms with Crippen molar-refractivity contribution in [2.75, 3.05) is 17.7 Å². The fourth-order valence-electron chi connectivity index (χ4n) is 1.49. The Hall–Kier alpha value is -1.52. The maximum atomic E-state index is 5.97. The van der Waals surface area contributed by atoms with Gasteiger partial charge >= 0.3 is 0 Å².